The average molecular weight is 347 g/mol. The molecule has 0 atom stereocenters. The minimum absolute atomic E-state index is 0.242. The minimum atomic E-state index is -0.242. The molecule has 5 nitrogen and oxygen atoms in total. The van der Waals surface area contributed by atoms with Gasteiger partial charge < -0.3 is 14.5 Å². The van der Waals surface area contributed by atoms with Gasteiger partial charge in [0.15, 0.2) is 0 Å². The number of aromatic nitrogens is 1. The Hall–Kier alpha value is -1.05. The standard InChI is InChI=1S/C11H14IN3O2/c1-17-11(16)15-6-4-14(5-7-15)10-2-3-13-8-9(10)12/h2-3,8H,4-7H2,1H3. The smallest absolute Gasteiger partial charge is 0.409 e. The SMILES string of the molecule is COC(=O)N1CCN(c2ccncc2I)CC1. The highest BCUT2D eigenvalue weighted by molar-refractivity contribution is 14.1. The first-order valence-electron chi connectivity index (χ1n) is 5.39. The summed E-state index contributed by atoms with van der Waals surface area (Å²) in [4.78, 5) is 19.4. The van der Waals surface area contributed by atoms with E-state index in [9.17, 15) is 4.79 Å². The fourth-order valence-electron chi connectivity index (χ4n) is 1.88. The van der Waals surface area contributed by atoms with Crippen LogP contribution in [0.25, 0.3) is 0 Å². The van der Waals surface area contributed by atoms with Crippen molar-refractivity contribution >= 4 is 34.4 Å². The van der Waals surface area contributed by atoms with Crippen LogP contribution in [-0.4, -0.2) is 49.3 Å². The summed E-state index contributed by atoms with van der Waals surface area (Å²) in [5.74, 6) is 0. The van der Waals surface area contributed by atoms with Gasteiger partial charge in [-0.2, -0.15) is 0 Å². The maximum Gasteiger partial charge on any atom is 0.409 e. The Morgan fingerprint density at radius 1 is 1.41 bits per heavy atom. The molecule has 0 saturated carbocycles. The van der Waals surface area contributed by atoms with Crippen LogP contribution in [0.3, 0.4) is 0 Å². The van der Waals surface area contributed by atoms with Crippen LogP contribution in [0, 0.1) is 3.57 Å². The molecule has 1 aliphatic heterocycles. The second-order valence-corrected chi connectivity index (χ2v) is 4.93. The van der Waals surface area contributed by atoms with Crippen LogP contribution < -0.4 is 4.90 Å². The number of hydrogen-bond acceptors (Lipinski definition) is 4. The molecule has 1 aromatic rings. The number of ether oxygens (including phenoxy) is 1. The lowest BCUT2D eigenvalue weighted by atomic mass is 10.3. The molecule has 1 amide bonds. The van der Waals surface area contributed by atoms with Crippen LogP contribution in [0.1, 0.15) is 0 Å². The summed E-state index contributed by atoms with van der Waals surface area (Å²) in [7, 11) is 1.42. The van der Waals surface area contributed by atoms with Crippen LogP contribution in [-0.2, 0) is 4.74 Å². The van der Waals surface area contributed by atoms with Crippen molar-refractivity contribution in [2.24, 2.45) is 0 Å². The molecule has 2 heterocycles. The van der Waals surface area contributed by atoms with E-state index in [0.29, 0.717) is 13.1 Å². The van der Waals surface area contributed by atoms with Gasteiger partial charge in [-0.1, -0.05) is 0 Å². The number of anilines is 1. The molecule has 0 radical (unpaired) electrons. The lowest BCUT2D eigenvalue weighted by Gasteiger charge is -2.35. The van der Waals surface area contributed by atoms with Crippen LogP contribution >= 0.6 is 22.6 Å². The van der Waals surface area contributed by atoms with Crippen LogP contribution in [0.5, 0.6) is 0 Å². The van der Waals surface area contributed by atoms with Gasteiger partial charge in [0.05, 0.1) is 16.4 Å². The molecule has 6 heteroatoms. The van der Waals surface area contributed by atoms with Gasteiger partial charge in [0.2, 0.25) is 0 Å². The zero-order chi connectivity index (χ0) is 12.3. The number of rotatable bonds is 1. The maximum atomic E-state index is 11.4. The summed E-state index contributed by atoms with van der Waals surface area (Å²) >= 11 is 2.28. The first kappa shape index (κ1) is 12.4. The number of nitrogens with zero attached hydrogens (tertiary/aromatic N) is 3. The number of amides is 1. The van der Waals surface area contributed by atoms with Gasteiger partial charge in [-0.05, 0) is 28.7 Å². The number of hydrogen-bond donors (Lipinski definition) is 0. The molecule has 0 spiro atoms. The third kappa shape index (κ3) is 2.80. The lowest BCUT2D eigenvalue weighted by molar-refractivity contribution is 0.121. The van der Waals surface area contributed by atoms with Gasteiger partial charge >= 0.3 is 6.09 Å². The first-order chi connectivity index (χ1) is 8.22. The van der Waals surface area contributed by atoms with Crippen molar-refractivity contribution < 1.29 is 9.53 Å². The van der Waals surface area contributed by atoms with E-state index in [1.54, 1.807) is 11.1 Å². The summed E-state index contributed by atoms with van der Waals surface area (Å²) in [5, 5.41) is 0. The number of methoxy groups -OCH3 is 1. The predicted molar refractivity (Wildman–Crippen MR) is 73.1 cm³/mol. The molecular weight excluding hydrogens is 333 g/mol. The molecule has 1 fully saturated rings. The van der Waals surface area contributed by atoms with E-state index in [1.165, 1.54) is 12.8 Å². The summed E-state index contributed by atoms with van der Waals surface area (Å²) in [5.41, 5.74) is 1.19. The fourth-order valence-corrected chi connectivity index (χ4v) is 2.57. The minimum Gasteiger partial charge on any atom is -0.453 e. The van der Waals surface area contributed by atoms with Crippen molar-refractivity contribution in [1.82, 2.24) is 9.88 Å². The Balaban J connectivity index is 2.00. The van der Waals surface area contributed by atoms with Gasteiger partial charge in [0, 0.05) is 38.6 Å². The third-order valence-corrected chi connectivity index (χ3v) is 3.64. The van der Waals surface area contributed by atoms with Crippen molar-refractivity contribution in [2.75, 3.05) is 38.2 Å². The van der Waals surface area contributed by atoms with Gasteiger partial charge in [-0.15, -0.1) is 0 Å². The van der Waals surface area contributed by atoms with E-state index in [4.69, 9.17) is 4.74 Å². The molecule has 17 heavy (non-hydrogen) atoms. The van der Waals surface area contributed by atoms with Crippen LogP contribution in [0.2, 0.25) is 0 Å². The highest BCUT2D eigenvalue weighted by atomic mass is 127. The topological polar surface area (TPSA) is 45.7 Å². The molecule has 0 bridgehead atoms. The maximum absolute atomic E-state index is 11.4. The molecule has 2 rings (SSSR count). The Kier molecular flexibility index (Phi) is 4.03. The molecule has 0 N–H and O–H groups in total. The fraction of sp³-hybridized carbons (Fsp3) is 0.455. The second kappa shape index (κ2) is 5.52. The Morgan fingerprint density at radius 2 is 2.12 bits per heavy atom. The zero-order valence-electron chi connectivity index (χ0n) is 9.60. The largest absolute Gasteiger partial charge is 0.453 e. The summed E-state index contributed by atoms with van der Waals surface area (Å²) in [6.07, 6.45) is 3.40. The Labute approximate surface area is 114 Å². The summed E-state index contributed by atoms with van der Waals surface area (Å²) in [6.45, 7) is 3.06. The molecule has 0 unspecified atom stereocenters. The average Bonchev–Trinajstić information content (AvgIpc) is 2.39. The Bertz CT molecular complexity index is 405. The summed E-state index contributed by atoms with van der Waals surface area (Å²) in [6, 6.07) is 2.01. The van der Waals surface area contributed by atoms with Gasteiger partial charge in [-0.3, -0.25) is 4.98 Å². The van der Waals surface area contributed by atoms with Gasteiger partial charge in [-0.25, -0.2) is 4.79 Å². The predicted octanol–water partition coefficient (Wildman–Crippen LogP) is 1.57. The number of piperazine rings is 1. The van der Waals surface area contributed by atoms with Crippen LogP contribution in [0.15, 0.2) is 18.5 Å². The van der Waals surface area contributed by atoms with Crippen molar-refractivity contribution in [3.8, 4) is 0 Å². The zero-order valence-corrected chi connectivity index (χ0v) is 11.8. The van der Waals surface area contributed by atoms with E-state index < -0.39 is 0 Å². The molecule has 0 aliphatic carbocycles. The summed E-state index contributed by atoms with van der Waals surface area (Å²) < 4.78 is 5.85. The first-order valence-corrected chi connectivity index (χ1v) is 6.47. The Morgan fingerprint density at radius 3 is 2.71 bits per heavy atom. The highest BCUT2D eigenvalue weighted by Crippen LogP contribution is 2.22. The van der Waals surface area contributed by atoms with E-state index in [-0.39, 0.29) is 6.09 Å². The van der Waals surface area contributed by atoms with Crippen molar-refractivity contribution in [2.45, 2.75) is 0 Å². The van der Waals surface area contributed by atoms with Crippen molar-refractivity contribution in [3.05, 3.63) is 22.0 Å². The molecule has 1 aromatic heterocycles. The van der Waals surface area contributed by atoms with Gasteiger partial charge in [0.25, 0.3) is 0 Å². The molecule has 0 aromatic carbocycles. The highest BCUT2D eigenvalue weighted by Gasteiger charge is 2.22. The lowest BCUT2D eigenvalue weighted by Crippen LogP contribution is -2.49. The van der Waals surface area contributed by atoms with E-state index in [2.05, 4.69) is 32.5 Å². The van der Waals surface area contributed by atoms with E-state index in [1.807, 2.05) is 12.3 Å². The van der Waals surface area contributed by atoms with Gasteiger partial charge in [0.1, 0.15) is 0 Å². The quantitative estimate of drug-likeness (QED) is 0.724. The molecule has 1 aliphatic rings. The van der Waals surface area contributed by atoms with Crippen molar-refractivity contribution in [1.29, 1.82) is 0 Å². The molecule has 1 saturated heterocycles. The number of carbonyl (C=O) groups excluding carboxylic acids is 1. The molecule has 92 valence electrons. The monoisotopic (exact) mass is 347 g/mol. The molecular formula is C11H14IN3O2. The number of carbonyl (C=O) groups is 1. The van der Waals surface area contributed by atoms with E-state index >= 15 is 0 Å². The number of halogens is 1. The second-order valence-electron chi connectivity index (χ2n) is 3.77. The van der Waals surface area contributed by atoms with Crippen LogP contribution in [0.4, 0.5) is 10.5 Å². The normalized spacial score (nSPS) is 15.9. The van der Waals surface area contributed by atoms with E-state index in [0.717, 1.165) is 16.7 Å². The van der Waals surface area contributed by atoms with Crippen molar-refractivity contribution in [3.63, 3.8) is 0 Å². The number of pyridine rings is 1. The third-order valence-electron chi connectivity index (χ3n) is 2.80.